The molecule has 128 valence electrons. The van der Waals surface area contributed by atoms with E-state index in [2.05, 4.69) is 15.2 Å². The van der Waals surface area contributed by atoms with Gasteiger partial charge in [-0.25, -0.2) is 9.78 Å². The van der Waals surface area contributed by atoms with Gasteiger partial charge in [0.1, 0.15) is 5.01 Å². The highest BCUT2D eigenvalue weighted by Gasteiger charge is 2.42. The van der Waals surface area contributed by atoms with Crippen molar-refractivity contribution >= 4 is 17.4 Å². The Morgan fingerprint density at radius 3 is 3.09 bits per heavy atom. The van der Waals surface area contributed by atoms with E-state index < -0.39 is 0 Å². The minimum atomic E-state index is 0.0308. The molecule has 1 N–H and O–H groups in total. The molecule has 0 unspecified atom stereocenters. The lowest BCUT2D eigenvalue weighted by atomic mass is 9.87. The molecule has 6 nitrogen and oxygen atoms in total. The second-order valence-corrected chi connectivity index (χ2v) is 7.94. The smallest absolute Gasteiger partial charge is 0.317 e. The molecule has 23 heavy (non-hydrogen) atoms. The Kier molecular flexibility index (Phi) is 5.18. The van der Waals surface area contributed by atoms with Gasteiger partial charge in [0.2, 0.25) is 0 Å². The molecule has 0 bridgehead atoms. The van der Waals surface area contributed by atoms with Crippen molar-refractivity contribution in [1.29, 1.82) is 0 Å². The van der Waals surface area contributed by atoms with Crippen LogP contribution in [0.4, 0.5) is 4.79 Å². The molecule has 2 fully saturated rings. The molecule has 2 amide bonds. The molecule has 3 rings (SSSR count). The highest BCUT2D eigenvalue weighted by molar-refractivity contribution is 7.09. The van der Waals surface area contributed by atoms with Crippen LogP contribution >= 0.6 is 11.3 Å². The first-order valence-corrected chi connectivity index (χ1v) is 9.18. The number of amides is 2. The van der Waals surface area contributed by atoms with Crippen LogP contribution in [-0.2, 0) is 11.3 Å². The molecule has 0 radical (unpaired) electrons. The van der Waals surface area contributed by atoms with E-state index in [4.69, 9.17) is 4.74 Å². The minimum absolute atomic E-state index is 0.0308. The maximum atomic E-state index is 12.4. The first-order valence-electron chi connectivity index (χ1n) is 8.30. The van der Waals surface area contributed by atoms with E-state index in [1.54, 1.807) is 11.3 Å². The number of nitrogens with zero attached hydrogens (tertiary/aromatic N) is 3. The average Bonchev–Trinajstić information content (AvgIpc) is 3.07. The lowest BCUT2D eigenvalue weighted by molar-refractivity contribution is 0.0714. The number of hydrogen-bond acceptors (Lipinski definition) is 5. The highest BCUT2D eigenvalue weighted by atomic mass is 32.1. The summed E-state index contributed by atoms with van der Waals surface area (Å²) in [7, 11) is 0. The van der Waals surface area contributed by atoms with Crippen molar-refractivity contribution in [3.05, 3.63) is 16.6 Å². The van der Waals surface area contributed by atoms with Gasteiger partial charge in [-0.15, -0.1) is 11.3 Å². The Hall–Kier alpha value is -1.18. The summed E-state index contributed by atoms with van der Waals surface area (Å²) in [6, 6.07) is 0.191. The Labute approximate surface area is 141 Å². The van der Waals surface area contributed by atoms with Crippen LogP contribution in [0.25, 0.3) is 0 Å². The Bertz CT molecular complexity index is 522. The van der Waals surface area contributed by atoms with E-state index in [0.717, 1.165) is 44.2 Å². The lowest BCUT2D eigenvalue weighted by Crippen LogP contribution is -2.48. The third-order valence-electron chi connectivity index (χ3n) is 4.50. The van der Waals surface area contributed by atoms with Gasteiger partial charge in [-0.1, -0.05) is 0 Å². The zero-order valence-corrected chi connectivity index (χ0v) is 14.8. The summed E-state index contributed by atoms with van der Waals surface area (Å²) >= 11 is 1.70. The third-order valence-corrected chi connectivity index (χ3v) is 5.26. The van der Waals surface area contributed by atoms with Gasteiger partial charge in [0, 0.05) is 42.7 Å². The molecule has 7 heteroatoms. The summed E-state index contributed by atoms with van der Waals surface area (Å²) in [6.07, 6.45) is 2.93. The van der Waals surface area contributed by atoms with Crippen molar-refractivity contribution in [1.82, 2.24) is 20.1 Å². The van der Waals surface area contributed by atoms with Gasteiger partial charge in [-0.05, 0) is 26.8 Å². The van der Waals surface area contributed by atoms with Crippen molar-refractivity contribution in [3.8, 4) is 0 Å². The fourth-order valence-corrected chi connectivity index (χ4v) is 4.09. The standard InChI is InChI=1S/C16H26N4O2S/c1-13(2)18-15(21)20-6-7-22-12-16(11-20)3-5-19(10-16)9-14-17-4-8-23-14/h4,8,13H,3,5-7,9-12H2,1-2H3,(H,18,21)/t16-/m1/s1. The number of hydrogen-bond donors (Lipinski definition) is 1. The molecule has 0 aliphatic carbocycles. The largest absolute Gasteiger partial charge is 0.379 e. The molecule has 0 saturated carbocycles. The minimum Gasteiger partial charge on any atom is -0.379 e. The normalized spacial score (nSPS) is 26.0. The molecule has 2 saturated heterocycles. The number of urea groups is 1. The molecule has 1 aromatic heterocycles. The van der Waals surface area contributed by atoms with E-state index in [9.17, 15) is 4.79 Å². The number of rotatable bonds is 3. The fraction of sp³-hybridized carbons (Fsp3) is 0.750. The van der Waals surface area contributed by atoms with Gasteiger partial charge in [-0.3, -0.25) is 4.90 Å². The highest BCUT2D eigenvalue weighted by Crippen LogP contribution is 2.34. The number of carbonyl (C=O) groups excluding carboxylic acids is 1. The van der Waals surface area contributed by atoms with Crippen molar-refractivity contribution < 1.29 is 9.53 Å². The second-order valence-electron chi connectivity index (χ2n) is 6.96. The Morgan fingerprint density at radius 2 is 2.35 bits per heavy atom. The van der Waals surface area contributed by atoms with Crippen LogP contribution in [0, 0.1) is 5.41 Å². The SMILES string of the molecule is CC(C)NC(=O)N1CCOC[C@@]2(CCN(Cc3nccs3)C2)C1. The third kappa shape index (κ3) is 4.22. The van der Waals surface area contributed by atoms with E-state index >= 15 is 0 Å². The van der Waals surface area contributed by atoms with E-state index in [-0.39, 0.29) is 17.5 Å². The van der Waals surface area contributed by atoms with E-state index in [1.165, 1.54) is 0 Å². The van der Waals surface area contributed by atoms with Crippen molar-refractivity contribution in [2.24, 2.45) is 5.41 Å². The molecule has 0 aromatic carbocycles. The first kappa shape index (κ1) is 16.7. The molecular formula is C16H26N4O2S. The summed E-state index contributed by atoms with van der Waals surface area (Å²) in [4.78, 5) is 21.1. The quantitative estimate of drug-likeness (QED) is 0.913. The van der Waals surface area contributed by atoms with Gasteiger partial charge >= 0.3 is 6.03 Å². The molecule has 1 spiro atoms. The number of carbonyl (C=O) groups is 1. The van der Waals surface area contributed by atoms with Crippen molar-refractivity contribution in [3.63, 3.8) is 0 Å². The van der Waals surface area contributed by atoms with E-state index in [0.29, 0.717) is 13.2 Å². The topological polar surface area (TPSA) is 57.7 Å². The summed E-state index contributed by atoms with van der Waals surface area (Å²) in [5.74, 6) is 0. The van der Waals surface area contributed by atoms with Crippen molar-refractivity contribution in [2.45, 2.75) is 32.9 Å². The average molecular weight is 338 g/mol. The molecule has 1 aromatic rings. The van der Waals surface area contributed by atoms with Crippen molar-refractivity contribution in [2.75, 3.05) is 39.4 Å². The van der Waals surface area contributed by atoms with Gasteiger partial charge in [0.25, 0.3) is 0 Å². The Morgan fingerprint density at radius 1 is 1.48 bits per heavy atom. The summed E-state index contributed by atoms with van der Waals surface area (Å²) in [5, 5.41) is 6.18. The van der Waals surface area contributed by atoms with Gasteiger partial charge < -0.3 is 15.0 Å². The zero-order chi connectivity index (χ0) is 16.3. The maximum absolute atomic E-state index is 12.4. The molecule has 3 heterocycles. The molecule has 1 atom stereocenters. The van der Waals surface area contributed by atoms with Crippen LogP contribution in [-0.4, -0.2) is 66.2 Å². The van der Waals surface area contributed by atoms with Crippen LogP contribution in [0.2, 0.25) is 0 Å². The van der Waals surface area contributed by atoms with Gasteiger partial charge in [0.15, 0.2) is 0 Å². The van der Waals surface area contributed by atoms with Gasteiger partial charge in [0.05, 0.1) is 19.8 Å². The van der Waals surface area contributed by atoms with Crippen LogP contribution in [0.15, 0.2) is 11.6 Å². The molecule has 2 aliphatic heterocycles. The number of aromatic nitrogens is 1. The van der Waals surface area contributed by atoms with Gasteiger partial charge in [-0.2, -0.15) is 0 Å². The maximum Gasteiger partial charge on any atom is 0.317 e. The van der Waals surface area contributed by atoms with Crippen LogP contribution in [0.1, 0.15) is 25.3 Å². The zero-order valence-electron chi connectivity index (χ0n) is 14.0. The number of nitrogens with one attached hydrogen (secondary N) is 1. The Balaban J connectivity index is 1.62. The summed E-state index contributed by atoms with van der Waals surface area (Å²) in [5.41, 5.74) is 0.0576. The molecule has 2 aliphatic rings. The van der Waals surface area contributed by atoms with Crippen LogP contribution < -0.4 is 5.32 Å². The summed E-state index contributed by atoms with van der Waals surface area (Å²) in [6.45, 7) is 9.72. The first-order chi connectivity index (χ1) is 11.1. The lowest BCUT2D eigenvalue weighted by Gasteiger charge is -2.32. The fourth-order valence-electron chi connectivity index (χ4n) is 3.44. The monoisotopic (exact) mass is 338 g/mol. The molecular weight excluding hydrogens is 312 g/mol. The van der Waals surface area contributed by atoms with Crippen LogP contribution in [0.3, 0.4) is 0 Å². The van der Waals surface area contributed by atoms with E-state index in [1.807, 2.05) is 30.3 Å². The predicted octanol–water partition coefficient (Wildman–Crippen LogP) is 1.79. The summed E-state index contributed by atoms with van der Waals surface area (Å²) < 4.78 is 5.84. The predicted molar refractivity (Wildman–Crippen MR) is 90.5 cm³/mol. The second kappa shape index (κ2) is 7.15. The number of ether oxygens (including phenoxy) is 1. The van der Waals surface area contributed by atoms with Crippen LogP contribution in [0.5, 0.6) is 0 Å². The number of thiazole rings is 1. The number of likely N-dealkylation sites (tertiary alicyclic amines) is 1.